The summed E-state index contributed by atoms with van der Waals surface area (Å²) >= 11 is 0. The number of anilines is 1. The van der Waals surface area contributed by atoms with Crippen molar-refractivity contribution < 1.29 is 19.5 Å². The van der Waals surface area contributed by atoms with Crippen molar-refractivity contribution in [1.82, 2.24) is 4.90 Å². The molecule has 2 aliphatic rings. The summed E-state index contributed by atoms with van der Waals surface area (Å²) in [5.74, 6) is -1.83. The molecule has 3 rings (SSSR count). The van der Waals surface area contributed by atoms with E-state index in [1.165, 1.54) is 0 Å². The molecule has 2 unspecified atom stereocenters. The number of aliphatic carboxylic acids is 1. The molecule has 2 fully saturated rings. The number of benzene rings is 1. The molecule has 0 radical (unpaired) electrons. The average Bonchev–Trinajstić information content (AvgIpc) is 2.68. The lowest BCUT2D eigenvalue weighted by molar-refractivity contribution is -0.143. The van der Waals surface area contributed by atoms with Crippen LogP contribution in [0.3, 0.4) is 0 Å². The van der Waals surface area contributed by atoms with Gasteiger partial charge in [0.05, 0.1) is 17.2 Å². The fourth-order valence-corrected chi connectivity index (χ4v) is 3.93. The van der Waals surface area contributed by atoms with Crippen LogP contribution in [0.15, 0.2) is 24.3 Å². The third-order valence-corrected chi connectivity index (χ3v) is 5.45. The van der Waals surface area contributed by atoms with Gasteiger partial charge < -0.3 is 15.3 Å². The second-order valence-electron chi connectivity index (χ2n) is 7.29. The smallest absolute Gasteiger partial charge is 0.306 e. The molecule has 0 spiro atoms. The van der Waals surface area contributed by atoms with Crippen LogP contribution in [0, 0.1) is 11.8 Å². The summed E-state index contributed by atoms with van der Waals surface area (Å²) in [6.07, 6.45) is 5.60. The summed E-state index contributed by atoms with van der Waals surface area (Å²) in [4.78, 5) is 38.5. The normalized spacial score (nSPS) is 23.3. The van der Waals surface area contributed by atoms with E-state index in [2.05, 4.69) is 5.32 Å². The van der Waals surface area contributed by atoms with Crippen LogP contribution in [0.2, 0.25) is 0 Å². The van der Waals surface area contributed by atoms with Crippen LogP contribution in [0.4, 0.5) is 5.69 Å². The van der Waals surface area contributed by atoms with Gasteiger partial charge >= 0.3 is 5.97 Å². The number of amides is 2. The Morgan fingerprint density at radius 1 is 0.962 bits per heavy atom. The summed E-state index contributed by atoms with van der Waals surface area (Å²) in [6, 6.07) is 7.08. The molecular formula is C20H26N2O4. The monoisotopic (exact) mass is 358 g/mol. The lowest BCUT2D eigenvalue weighted by atomic mass is 9.81. The molecule has 1 aromatic rings. The second kappa shape index (κ2) is 8.34. The molecule has 1 aliphatic heterocycles. The van der Waals surface area contributed by atoms with E-state index in [9.17, 15) is 19.5 Å². The lowest BCUT2D eigenvalue weighted by Crippen LogP contribution is -2.36. The molecule has 2 amide bonds. The number of likely N-dealkylation sites (tertiary alicyclic amines) is 1. The number of carbonyl (C=O) groups excluding carboxylic acids is 2. The Bertz CT molecular complexity index is 682. The number of nitrogens with zero attached hydrogens (tertiary/aromatic N) is 1. The largest absolute Gasteiger partial charge is 0.481 e. The first-order valence-electron chi connectivity index (χ1n) is 9.48. The first-order valence-corrected chi connectivity index (χ1v) is 9.48. The predicted octanol–water partition coefficient (Wildman–Crippen LogP) is 3.14. The molecule has 1 aromatic carbocycles. The molecule has 2 atom stereocenters. The van der Waals surface area contributed by atoms with Crippen molar-refractivity contribution in [2.75, 3.05) is 18.4 Å². The number of hydrogen-bond acceptors (Lipinski definition) is 3. The van der Waals surface area contributed by atoms with Gasteiger partial charge in [0.1, 0.15) is 0 Å². The third-order valence-electron chi connectivity index (χ3n) is 5.45. The maximum absolute atomic E-state index is 12.8. The summed E-state index contributed by atoms with van der Waals surface area (Å²) in [5.41, 5.74) is 1.03. The molecule has 6 nitrogen and oxygen atoms in total. The summed E-state index contributed by atoms with van der Waals surface area (Å²) in [5, 5.41) is 12.1. The van der Waals surface area contributed by atoms with Crippen molar-refractivity contribution in [2.45, 2.75) is 44.9 Å². The van der Waals surface area contributed by atoms with Crippen LogP contribution in [0.25, 0.3) is 0 Å². The number of carboxylic acid groups (broad SMARTS) is 1. The van der Waals surface area contributed by atoms with E-state index in [1.807, 2.05) is 4.90 Å². The van der Waals surface area contributed by atoms with Gasteiger partial charge in [-0.3, -0.25) is 14.4 Å². The van der Waals surface area contributed by atoms with Gasteiger partial charge in [0.25, 0.3) is 5.91 Å². The molecular weight excluding hydrogens is 332 g/mol. The van der Waals surface area contributed by atoms with Gasteiger partial charge in [-0.05, 0) is 50.7 Å². The van der Waals surface area contributed by atoms with E-state index < -0.39 is 11.9 Å². The quantitative estimate of drug-likeness (QED) is 0.866. The highest BCUT2D eigenvalue weighted by atomic mass is 16.4. The van der Waals surface area contributed by atoms with Gasteiger partial charge in [-0.15, -0.1) is 0 Å². The first kappa shape index (κ1) is 18.4. The van der Waals surface area contributed by atoms with E-state index in [-0.39, 0.29) is 17.7 Å². The van der Waals surface area contributed by atoms with Gasteiger partial charge in [0, 0.05) is 19.0 Å². The summed E-state index contributed by atoms with van der Waals surface area (Å²) in [6.45, 7) is 1.51. The molecule has 1 saturated carbocycles. The predicted molar refractivity (Wildman–Crippen MR) is 97.9 cm³/mol. The average molecular weight is 358 g/mol. The van der Waals surface area contributed by atoms with Gasteiger partial charge in [0.2, 0.25) is 5.91 Å². The standard InChI is InChI=1S/C20H26N2O4/c23-18(14-7-6-8-15(13-14)20(25)26)21-17-10-3-2-9-16(17)19(24)22-11-4-1-5-12-22/h2-3,9-10,14-15H,1,4-8,11-13H2,(H,21,23)(H,25,26). The maximum atomic E-state index is 12.8. The highest BCUT2D eigenvalue weighted by Crippen LogP contribution is 2.30. The van der Waals surface area contributed by atoms with Gasteiger partial charge in [-0.25, -0.2) is 0 Å². The number of rotatable bonds is 4. The number of carbonyl (C=O) groups is 3. The fourth-order valence-electron chi connectivity index (χ4n) is 3.93. The van der Waals surface area contributed by atoms with Crippen molar-refractivity contribution in [3.63, 3.8) is 0 Å². The zero-order chi connectivity index (χ0) is 18.5. The summed E-state index contributed by atoms with van der Waals surface area (Å²) < 4.78 is 0. The SMILES string of the molecule is O=C(O)C1CCCC(C(=O)Nc2ccccc2C(=O)N2CCCCC2)C1. The minimum Gasteiger partial charge on any atom is -0.481 e. The molecule has 0 bridgehead atoms. The van der Waals surface area contributed by atoms with Crippen molar-refractivity contribution >= 4 is 23.5 Å². The van der Waals surface area contributed by atoms with Crippen molar-refractivity contribution in [3.05, 3.63) is 29.8 Å². The van der Waals surface area contributed by atoms with E-state index in [4.69, 9.17) is 0 Å². The van der Waals surface area contributed by atoms with Gasteiger partial charge in [-0.2, -0.15) is 0 Å². The minimum atomic E-state index is -0.830. The van der Waals surface area contributed by atoms with Crippen LogP contribution in [-0.4, -0.2) is 40.9 Å². The lowest BCUT2D eigenvalue weighted by Gasteiger charge is -2.28. The Labute approximate surface area is 153 Å². The molecule has 1 heterocycles. The molecule has 140 valence electrons. The Balaban J connectivity index is 1.70. The molecule has 1 aliphatic carbocycles. The number of piperidine rings is 1. The minimum absolute atomic E-state index is 0.0485. The number of nitrogens with one attached hydrogen (secondary N) is 1. The van der Waals surface area contributed by atoms with Crippen molar-refractivity contribution in [3.8, 4) is 0 Å². The molecule has 26 heavy (non-hydrogen) atoms. The molecule has 1 saturated heterocycles. The Hall–Kier alpha value is -2.37. The van der Waals surface area contributed by atoms with Crippen LogP contribution in [0.1, 0.15) is 55.3 Å². The first-order chi connectivity index (χ1) is 12.6. The zero-order valence-electron chi connectivity index (χ0n) is 14.9. The van der Waals surface area contributed by atoms with Crippen LogP contribution in [-0.2, 0) is 9.59 Å². The van der Waals surface area contributed by atoms with E-state index >= 15 is 0 Å². The maximum Gasteiger partial charge on any atom is 0.306 e. The number of para-hydroxylation sites is 1. The molecule has 2 N–H and O–H groups in total. The van der Waals surface area contributed by atoms with E-state index in [0.29, 0.717) is 30.5 Å². The van der Waals surface area contributed by atoms with Crippen LogP contribution in [0.5, 0.6) is 0 Å². The second-order valence-corrected chi connectivity index (χ2v) is 7.29. The van der Waals surface area contributed by atoms with Gasteiger partial charge in [0.15, 0.2) is 0 Å². The van der Waals surface area contributed by atoms with Crippen molar-refractivity contribution in [1.29, 1.82) is 0 Å². The Morgan fingerprint density at radius 3 is 2.38 bits per heavy atom. The van der Waals surface area contributed by atoms with E-state index in [1.54, 1.807) is 24.3 Å². The summed E-state index contributed by atoms with van der Waals surface area (Å²) in [7, 11) is 0. The van der Waals surface area contributed by atoms with Gasteiger partial charge in [-0.1, -0.05) is 18.6 Å². The number of carboxylic acids is 1. The Kier molecular flexibility index (Phi) is 5.91. The van der Waals surface area contributed by atoms with Crippen LogP contribution < -0.4 is 5.32 Å². The zero-order valence-corrected chi connectivity index (χ0v) is 14.9. The topological polar surface area (TPSA) is 86.7 Å². The van der Waals surface area contributed by atoms with Crippen LogP contribution >= 0.6 is 0 Å². The highest BCUT2D eigenvalue weighted by molar-refractivity contribution is 6.04. The molecule has 0 aromatic heterocycles. The number of hydrogen-bond donors (Lipinski definition) is 2. The Morgan fingerprint density at radius 2 is 1.65 bits per heavy atom. The molecule has 6 heteroatoms. The third kappa shape index (κ3) is 4.23. The van der Waals surface area contributed by atoms with Crippen molar-refractivity contribution in [2.24, 2.45) is 11.8 Å². The fraction of sp³-hybridized carbons (Fsp3) is 0.550. The highest BCUT2D eigenvalue weighted by Gasteiger charge is 2.31. The van der Waals surface area contributed by atoms with E-state index in [0.717, 1.165) is 38.8 Å².